The van der Waals surface area contributed by atoms with Crippen molar-refractivity contribution in [3.63, 3.8) is 0 Å². The fourth-order valence-corrected chi connectivity index (χ4v) is 2.92. The minimum atomic E-state index is -3.90. The number of aromatic amines is 1. The second kappa shape index (κ2) is 5.89. The minimum absolute atomic E-state index is 0.00811. The molecule has 0 radical (unpaired) electrons. The lowest BCUT2D eigenvalue weighted by atomic mass is 10.3. The molecular weight excluding hydrogens is 298 g/mol. The van der Waals surface area contributed by atoms with Crippen LogP contribution in [0.1, 0.15) is 5.69 Å². The van der Waals surface area contributed by atoms with Gasteiger partial charge in [-0.05, 0) is 6.07 Å². The lowest BCUT2D eigenvalue weighted by molar-refractivity contribution is -0.385. The zero-order valence-electron chi connectivity index (χ0n) is 11.0. The van der Waals surface area contributed by atoms with Crippen molar-refractivity contribution in [2.45, 2.75) is 11.4 Å². The van der Waals surface area contributed by atoms with Crippen LogP contribution in [0.4, 0.5) is 11.4 Å². The maximum atomic E-state index is 12.3. The number of nitrogens with zero attached hydrogens (tertiary/aromatic N) is 2. The van der Waals surface area contributed by atoms with E-state index < -0.39 is 14.9 Å². The highest BCUT2D eigenvalue weighted by atomic mass is 32.2. The average Bonchev–Trinajstić information content (AvgIpc) is 2.98. The predicted molar refractivity (Wildman–Crippen MR) is 75.3 cm³/mol. The molecule has 0 aliphatic rings. The van der Waals surface area contributed by atoms with Crippen molar-refractivity contribution in [3.8, 4) is 0 Å². The molecule has 0 amide bonds. The van der Waals surface area contributed by atoms with Gasteiger partial charge in [0.1, 0.15) is 4.90 Å². The number of nitro benzene ring substituents is 1. The fourth-order valence-electron chi connectivity index (χ4n) is 1.69. The monoisotopic (exact) mass is 311 g/mol. The summed E-state index contributed by atoms with van der Waals surface area (Å²) in [4.78, 5) is 16.5. The van der Waals surface area contributed by atoms with Crippen molar-refractivity contribution in [2.24, 2.45) is 0 Å². The summed E-state index contributed by atoms with van der Waals surface area (Å²) in [5, 5.41) is 13.5. The molecule has 0 fully saturated rings. The molecule has 0 saturated carbocycles. The smallest absolute Gasteiger partial charge is 0.270 e. The van der Waals surface area contributed by atoms with Crippen LogP contribution >= 0.6 is 0 Å². The molecule has 2 aromatic rings. The molecule has 0 bridgehead atoms. The maximum absolute atomic E-state index is 12.3. The quantitative estimate of drug-likeness (QED) is 0.535. The SMILES string of the molecule is CNc1ccc([N+](=O)[O-])cc1S(=O)(=O)NCc1cnc[nH]1. The van der Waals surface area contributed by atoms with Gasteiger partial charge in [-0.1, -0.05) is 0 Å². The first-order valence-corrected chi connectivity index (χ1v) is 7.35. The number of H-pyrrole nitrogens is 1. The Hall–Kier alpha value is -2.46. The highest BCUT2D eigenvalue weighted by Gasteiger charge is 2.21. The molecule has 112 valence electrons. The van der Waals surface area contributed by atoms with Crippen LogP contribution in [-0.2, 0) is 16.6 Å². The molecule has 0 atom stereocenters. The topological polar surface area (TPSA) is 130 Å². The summed E-state index contributed by atoms with van der Waals surface area (Å²) in [6.45, 7) is 0.00811. The first-order chi connectivity index (χ1) is 9.94. The van der Waals surface area contributed by atoms with E-state index in [0.29, 0.717) is 5.69 Å². The van der Waals surface area contributed by atoms with E-state index in [1.165, 1.54) is 31.7 Å². The van der Waals surface area contributed by atoms with Gasteiger partial charge >= 0.3 is 0 Å². The van der Waals surface area contributed by atoms with Crippen LogP contribution in [0.25, 0.3) is 0 Å². The Kier molecular flexibility index (Phi) is 4.19. The third kappa shape index (κ3) is 3.35. The Morgan fingerprint density at radius 3 is 2.76 bits per heavy atom. The number of non-ortho nitro benzene ring substituents is 1. The molecule has 21 heavy (non-hydrogen) atoms. The lowest BCUT2D eigenvalue weighted by Crippen LogP contribution is -2.24. The summed E-state index contributed by atoms with van der Waals surface area (Å²) >= 11 is 0. The van der Waals surface area contributed by atoms with Crippen LogP contribution in [0.2, 0.25) is 0 Å². The number of nitro groups is 1. The number of nitrogens with one attached hydrogen (secondary N) is 3. The van der Waals surface area contributed by atoms with Crippen LogP contribution in [-0.4, -0.2) is 30.4 Å². The number of benzene rings is 1. The molecule has 9 nitrogen and oxygen atoms in total. The van der Waals surface area contributed by atoms with Crippen LogP contribution in [0.3, 0.4) is 0 Å². The molecular formula is C11H13N5O4S. The molecule has 0 aliphatic heterocycles. The lowest BCUT2D eigenvalue weighted by Gasteiger charge is -2.10. The van der Waals surface area contributed by atoms with Crippen LogP contribution < -0.4 is 10.0 Å². The molecule has 3 N–H and O–H groups in total. The van der Waals surface area contributed by atoms with Gasteiger partial charge in [0.2, 0.25) is 10.0 Å². The van der Waals surface area contributed by atoms with Crippen LogP contribution in [0.15, 0.2) is 35.6 Å². The number of anilines is 1. The van der Waals surface area contributed by atoms with Gasteiger partial charge in [0, 0.05) is 31.1 Å². The van der Waals surface area contributed by atoms with Gasteiger partial charge in [0.25, 0.3) is 5.69 Å². The van der Waals surface area contributed by atoms with Crippen molar-refractivity contribution in [1.82, 2.24) is 14.7 Å². The summed E-state index contributed by atoms with van der Waals surface area (Å²) < 4.78 is 26.9. The summed E-state index contributed by atoms with van der Waals surface area (Å²) in [7, 11) is -2.36. The number of hydrogen-bond acceptors (Lipinski definition) is 6. The van der Waals surface area contributed by atoms with Crippen LogP contribution in [0.5, 0.6) is 0 Å². The summed E-state index contributed by atoms with van der Waals surface area (Å²) in [6.07, 6.45) is 2.91. The molecule has 0 spiro atoms. The third-order valence-electron chi connectivity index (χ3n) is 2.74. The van der Waals surface area contributed by atoms with E-state index in [1.54, 1.807) is 0 Å². The van der Waals surface area contributed by atoms with Crippen LogP contribution in [0, 0.1) is 10.1 Å². The summed E-state index contributed by atoms with van der Waals surface area (Å²) in [5.74, 6) is 0. The Morgan fingerprint density at radius 2 is 2.19 bits per heavy atom. The van der Waals surface area contributed by atoms with Crippen molar-refractivity contribution >= 4 is 21.4 Å². The molecule has 1 aromatic heterocycles. The third-order valence-corrected chi connectivity index (χ3v) is 4.18. The second-order valence-corrected chi connectivity index (χ2v) is 5.82. The first-order valence-electron chi connectivity index (χ1n) is 5.87. The molecule has 0 saturated heterocycles. The summed E-state index contributed by atoms with van der Waals surface area (Å²) in [6, 6.07) is 3.60. The normalized spacial score (nSPS) is 11.3. The molecule has 1 heterocycles. The summed E-state index contributed by atoms with van der Waals surface area (Å²) in [5.41, 5.74) is 0.559. The molecule has 0 aliphatic carbocycles. The maximum Gasteiger partial charge on any atom is 0.270 e. The highest BCUT2D eigenvalue weighted by molar-refractivity contribution is 7.89. The van der Waals surface area contributed by atoms with Gasteiger partial charge in [0.15, 0.2) is 0 Å². The van der Waals surface area contributed by atoms with Crippen molar-refractivity contribution in [1.29, 1.82) is 0 Å². The zero-order valence-corrected chi connectivity index (χ0v) is 11.8. The largest absolute Gasteiger partial charge is 0.387 e. The van der Waals surface area contributed by atoms with E-state index in [4.69, 9.17) is 0 Å². The fraction of sp³-hybridized carbons (Fsp3) is 0.182. The number of aromatic nitrogens is 2. The van der Waals surface area contributed by atoms with Crippen molar-refractivity contribution < 1.29 is 13.3 Å². The van der Waals surface area contributed by atoms with Gasteiger partial charge in [-0.2, -0.15) is 0 Å². The molecule has 0 unspecified atom stereocenters. The Morgan fingerprint density at radius 1 is 1.43 bits per heavy atom. The number of sulfonamides is 1. The first kappa shape index (κ1) is 14.9. The molecule has 2 rings (SSSR count). The average molecular weight is 311 g/mol. The minimum Gasteiger partial charge on any atom is -0.387 e. The van der Waals surface area contributed by atoms with E-state index in [-0.39, 0.29) is 22.8 Å². The van der Waals surface area contributed by atoms with E-state index in [9.17, 15) is 18.5 Å². The zero-order chi connectivity index (χ0) is 15.5. The molecule has 1 aromatic carbocycles. The number of hydrogen-bond donors (Lipinski definition) is 3. The standard InChI is InChI=1S/C11H13N5O4S/c1-12-10-3-2-9(16(17)18)4-11(10)21(19,20)15-6-8-5-13-7-14-8/h2-5,7,12,15H,6H2,1H3,(H,13,14). The number of rotatable bonds is 6. The second-order valence-electron chi connectivity index (χ2n) is 4.09. The van der Waals surface area contributed by atoms with E-state index in [1.807, 2.05) is 0 Å². The van der Waals surface area contributed by atoms with Crippen molar-refractivity contribution in [3.05, 3.63) is 46.5 Å². The van der Waals surface area contributed by atoms with Gasteiger partial charge in [-0.25, -0.2) is 18.1 Å². The Bertz CT molecular complexity index is 742. The van der Waals surface area contributed by atoms with Gasteiger partial charge < -0.3 is 10.3 Å². The number of imidazole rings is 1. The van der Waals surface area contributed by atoms with Gasteiger partial charge in [0.05, 0.1) is 23.5 Å². The highest BCUT2D eigenvalue weighted by Crippen LogP contribution is 2.26. The van der Waals surface area contributed by atoms with E-state index in [2.05, 4.69) is 20.0 Å². The van der Waals surface area contributed by atoms with Gasteiger partial charge in [-0.3, -0.25) is 10.1 Å². The Balaban J connectivity index is 2.33. The Labute approximate surface area is 120 Å². The van der Waals surface area contributed by atoms with E-state index in [0.717, 1.165) is 6.07 Å². The molecule has 10 heteroatoms. The van der Waals surface area contributed by atoms with Crippen molar-refractivity contribution in [2.75, 3.05) is 12.4 Å². The van der Waals surface area contributed by atoms with E-state index >= 15 is 0 Å². The van der Waals surface area contributed by atoms with Gasteiger partial charge in [-0.15, -0.1) is 0 Å². The predicted octanol–water partition coefficient (Wildman–Crippen LogP) is 0.838.